The number of nitrogens with one attached hydrogen (secondary N) is 1. The van der Waals surface area contributed by atoms with Crippen LogP contribution < -0.4 is 15.5 Å². The van der Waals surface area contributed by atoms with Crippen molar-refractivity contribution < 1.29 is 32.8 Å². The summed E-state index contributed by atoms with van der Waals surface area (Å²) in [6.07, 6.45) is 0.893. The summed E-state index contributed by atoms with van der Waals surface area (Å²) in [6, 6.07) is 8.77. The van der Waals surface area contributed by atoms with E-state index in [4.69, 9.17) is 9.47 Å². The molecule has 0 unspecified atom stereocenters. The Kier molecular flexibility index (Phi) is 8.06. The van der Waals surface area contributed by atoms with Crippen molar-refractivity contribution in [1.29, 1.82) is 0 Å². The number of carbonyl (C=O) groups excluding carboxylic acids is 1. The van der Waals surface area contributed by atoms with Crippen LogP contribution >= 0.6 is 0 Å². The number of benzene rings is 2. The molecule has 0 aliphatic carbocycles. The Labute approximate surface area is 206 Å². The summed E-state index contributed by atoms with van der Waals surface area (Å²) in [7, 11) is 4.00. The molecule has 0 aliphatic heterocycles. The molecule has 4 radical (unpaired) electrons. The SMILES string of the molecule is CN(C)CCNc1ccc2ncn3c4ccc(OC(=O)OC(C)(C)C)cc4c(=O)c1c23.[B].[V]. The van der Waals surface area contributed by atoms with E-state index in [1.54, 1.807) is 45.3 Å². The van der Waals surface area contributed by atoms with Crippen LogP contribution in [0.15, 0.2) is 41.5 Å². The van der Waals surface area contributed by atoms with Crippen molar-refractivity contribution in [3.8, 4) is 5.75 Å². The molecule has 0 aliphatic rings. The average Bonchev–Trinajstić information content (AvgIpc) is 3.09. The first-order valence-corrected chi connectivity index (χ1v) is 10.1. The topological polar surface area (TPSA) is 85.2 Å². The molecule has 1 N–H and O–H groups in total. The maximum atomic E-state index is 13.5. The number of carbonyl (C=O) groups is 1. The fourth-order valence-corrected chi connectivity index (χ4v) is 3.55. The van der Waals surface area contributed by atoms with Gasteiger partial charge in [-0.3, -0.25) is 9.20 Å². The number of fused-ring (bicyclic) bond motifs is 2. The number of ether oxygens (including phenoxy) is 2. The molecule has 0 spiro atoms. The Morgan fingerprint density at radius 2 is 1.91 bits per heavy atom. The number of likely N-dealkylation sites (N-methyl/N-ethyl adjacent to an activating group) is 1. The molecular formula is C23H26BN4O4V. The molecule has 8 nitrogen and oxygen atoms in total. The van der Waals surface area contributed by atoms with E-state index in [1.807, 2.05) is 30.6 Å². The standard InChI is InChI=1S/C23H26N4O4.B.V/c1-23(2,3)31-22(29)30-14-6-9-18-15(12-14)21(28)19-16(24-10-11-26(4)5)7-8-17-20(19)27(18)13-25-17;;/h6-9,12-13,24H,10-11H2,1-5H3;;. The third kappa shape index (κ3) is 5.43. The van der Waals surface area contributed by atoms with E-state index in [1.165, 1.54) is 0 Å². The molecule has 4 rings (SSSR count). The summed E-state index contributed by atoms with van der Waals surface area (Å²) < 4.78 is 12.4. The van der Waals surface area contributed by atoms with Gasteiger partial charge in [-0.25, -0.2) is 9.78 Å². The van der Waals surface area contributed by atoms with E-state index in [-0.39, 0.29) is 38.1 Å². The first-order chi connectivity index (χ1) is 14.6. The van der Waals surface area contributed by atoms with Crippen LogP contribution in [0.4, 0.5) is 10.5 Å². The number of pyridine rings is 1. The molecule has 4 aromatic rings. The van der Waals surface area contributed by atoms with Gasteiger partial charge in [-0.15, -0.1) is 0 Å². The van der Waals surface area contributed by atoms with Crippen molar-refractivity contribution in [2.24, 2.45) is 0 Å². The Bertz CT molecular complexity index is 1330. The van der Waals surface area contributed by atoms with Crippen LogP contribution in [-0.4, -0.2) is 61.6 Å². The normalized spacial score (nSPS) is 11.5. The van der Waals surface area contributed by atoms with Gasteiger partial charge in [-0.2, -0.15) is 0 Å². The van der Waals surface area contributed by atoms with E-state index in [2.05, 4.69) is 15.2 Å². The zero-order valence-electron chi connectivity index (χ0n) is 19.4. The van der Waals surface area contributed by atoms with Crippen LogP contribution in [0.2, 0.25) is 0 Å². The maximum Gasteiger partial charge on any atom is 0.514 e. The van der Waals surface area contributed by atoms with Crippen LogP contribution in [0.1, 0.15) is 20.8 Å². The monoisotopic (exact) mass is 484 g/mol. The van der Waals surface area contributed by atoms with Gasteiger partial charge in [0.2, 0.25) is 0 Å². The van der Waals surface area contributed by atoms with Gasteiger partial charge in [0.15, 0.2) is 5.43 Å². The number of rotatable bonds is 5. The minimum Gasteiger partial charge on any atom is -0.428 e. The predicted octanol–water partition coefficient (Wildman–Crippen LogP) is 3.34. The molecule has 2 aromatic heterocycles. The number of hydrogen-bond acceptors (Lipinski definition) is 7. The minimum atomic E-state index is -0.813. The largest absolute Gasteiger partial charge is 0.514 e. The van der Waals surface area contributed by atoms with Gasteiger partial charge in [0.1, 0.15) is 17.7 Å². The van der Waals surface area contributed by atoms with Crippen LogP contribution in [-0.2, 0) is 23.3 Å². The van der Waals surface area contributed by atoms with Crippen molar-refractivity contribution >= 4 is 47.6 Å². The second-order valence-electron chi connectivity index (χ2n) is 8.78. The van der Waals surface area contributed by atoms with Crippen molar-refractivity contribution in [3.63, 3.8) is 0 Å². The van der Waals surface area contributed by atoms with E-state index >= 15 is 0 Å². The van der Waals surface area contributed by atoms with E-state index in [0.29, 0.717) is 22.8 Å². The van der Waals surface area contributed by atoms with E-state index in [9.17, 15) is 9.59 Å². The molecule has 0 bridgehead atoms. The number of aromatic nitrogens is 2. The summed E-state index contributed by atoms with van der Waals surface area (Å²) in [4.78, 5) is 32.1. The Balaban J connectivity index is 0.00000193. The first-order valence-electron chi connectivity index (χ1n) is 10.1. The average molecular weight is 484 g/mol. The molecule has 2 heterocycles. The number of hydrogen-bond donors (Lipinski definition) is 1. The Morgan fingerprint density at radius 1 is 1.18 bits per heavy atom. The van der Waals surface area contributed by atoms with Crippen LogP contribution in [0, 0.1) is 0 Å². The number of imidazole rings is 1. The van der Waals surface area contributed by atoms with Gasteiger partial charge in [-0.05, 0) is 65.2 Å². The molecule has 0 saturated heterocycles. The zero-order valence-corrected chi connectivity index (χ0v) is 20.8. The molecule has 10 heteroatoms. The van der Waals surface area contributed by atoms with Gasteiger partial charge < -0.3 is 19.7 Å². The summed E-state index contributed by atoms with van der Waals surface area (Å²) >= 11 is 0. The van der Waals surface area contributed by atoms with Gasteiger partial charge in [-0.1, -0.05) is 0 Å². The molecule has 0 saturated carbocycles. The number of anilines is 1. The fourth-order valence-electron chi connectivity index (χ4n) is 3.55. The summed E-state index contributed by atoms with van der Waals surface area (Å²) in [5.41, 5.74) is 2.16. The number of nitrogens with zero attached hydrogens (tertiary/aromatic N) is 3. The van der Waals surface area contributed by atoms with Gasteiger partial charge in [0.05, 0.1) is 27.3 Å². The van der Waals surface area contributed by atoms with Crippen molar-refractivity contribution in [2.45, 2.75) is 26.4 Å². The first kappa shape index (κ1) is 26.5. The van der Waals surface area contributed by atoms with Gasteiger partial charge in [0.25, 0.3) is 0 Å². The summed E-state index contributed by atoms with van der Waals surface area (Å²) in [5.74, 6) is 0.249. The second kappa shape index (κ2) is 10.0. The summed E-state index contributed by atoms with van der Waals surface area (Å²) in [5, 5.41) is 4.37. The molecule has 2 aromatic carbocycles. The van der Waals surface area contributed by atoms with E-state index < -0.39 is 11.8 Å². The van der Waals surface area contributed by atoms with Crippen molar-refractivity contribution in [3.05, 3.63) is 46.9 Å². The second-order valence-corrected chi connectivity index (χ2v) is 8.78. The molecular weight excluding hydrogens is 458 g/mol. The van der Waals surface area contributed by atoms with Crippen molar-refractivity contribution in [2.75, 3.05) is 32.5 Å². The van der Waals surface area contributed by atoms with Crippen LogP contribution in [0.5, 0.6) is 5.75 Å². The smallest absolute Gasteiger partial charge is 0.428 e. The summed E-state index contributed by atoms with van der Waals surface area (Å²) in [6.45, 7) is 6.81. The zero-order chi connectivity index (χ0) is 22.3. The molecule has 170 valence electrons. The van der Waals surface area contributed by atoms with E-state index in [0.717, 1.165) is 23.3 Å². The predicted molar refractivity (Wildman–Crippen MR) is 127 cm³/mol. The van der Waals surface area contributed by atoms with Crippen LogP contribution in [0.25, 0.3) is 27.3 Å². The third-order valence-corrected chi connectivity index (χ3v) is 4.87. The molecule has 0 fully saturated rings. The molecule has 33 heavy (non-hydrogen) atoms. The quantitative estimate of drug-likeness (QED) is 0.201. The minimum absolute atomic E-state index is 0. The Hall–Kier alpha value is -2.74. The third-order valence-electron chi connectivity index (χ3n) is 4.87. The van der Waals surface area contributed by atoms with Crippen molar-refractivity contribution in [1.82, 2.24) is 14.3 Å². The van der Waals surface area contributed by atoms with Gasteiger partial charge >= 0.3 is 6.16 Å². The Morgan fingerprint density at radius 3 is 2.58 bits per heavy atom. The fraction of sp³-hybridized carbons (Fsp3) is 0.348. The molecule has 0 atom stereocenters. The molecule has 0 amide bonds. The van der Waals surface area contributed by atoms with Gasteiger partial charge in [0, 0.05) is 45.7 Å². The van der Waals surface area contributed by atoms with Crippen LogP contribution in [0.3, 0.4) is 0 Å². The maximum absolute atomic E-state index is 13.5.